The van der Waals surface area contributed by atoms with Gasteiger partial charge in [0, 0.05) is 24.9 Å². The maximum atomic E-state index is 12.1. The van der Waals surface area contributed by atoms with Crippen LogP contribution in [0.2, 0.25) is 0 Å². The second-order valence-electron chi connectivity index (χ2n) is 8.95. The Labute approximate surface area is 162 Å². The molecule has 0 radical (unpaired) electrons. The van der Waals surface area contributed by atoms with Crippen LogP contribution in [0.1, 0.15) is 78.0 Å². The quantitative estimate of drug-likeness (QED) is 0.844. The second-order valence-corrected chi connectivity index (χ2v) is 8.95. The summed E-state index contributed by atoms with van der Waals surface area (Å²) in [5.74, 6) is 1.36. The zero-order chi connectivity index (χ0) is 20.4. The lowest BCUT2D eigenvalue weighted by molar-refractivity contribution is -0.131. The van der Waals surface area contributed by atoms with Crippen LogP contribution in [-0.2, 0) is 4.79 Å². The number of aliphatic hydroxyl groups is 1. The average molecular weight is 373 g/mol. The molecule has 1 amide bonds. The Hall–Kier alpha value is -2.06. The van der Waals surface area contributed by atoms with Crippen molar-refractivity contribution < 1.29 is 14.6 Å². The lowest BCUT2D eigenvalue weighted by Crippen LogP contribution is -2.42. The Kier molecular flexibility index (Phi) is 6.21. The molecule has 1 atom stereocenters. The van der Waals surface area contributed by atoms with Gasteiger partial charge in [-0.25, -0.2) is 0 Å². The average Bonchev–Trinajstić information content (AvgIpc) is 2.98. The van der Waals surface area contributed by atoms with Crippen molar-refractivity contribution in [3.8, 4) is 11.8 Å². The summed E-state index contributed by atoms with van der Waals surface area (Å²) >= 11 is 0. The smallest absolute Gasteiger partial charge is 0.223 e. The summed E-state index contributed by atoms with van der Waals surface area (Å²) in [5, 5.41) is 18.2. The van der Waals surface area contributed by atoms with Crippen LogP contribution in [0.25, 0.3) is 0 Å². The molecule has 0 saturated carbocycles. The highest BCUT2D eigenvalue weighted by Crippen LogP contribution is 2.44. The monoisotopic (exact) mass is 372 g/mol. The molecule has 1 fully saturated rings. The van der Waals surface area contributed by atoms with Gasteiger partial charge in [-0.2, -0.15) is 5.26 Å². The Morgan fingerprint density at radius 3 is 2.48 bits per heavy atom. The number of likely N-dealkylation sites (tertiary alicyclic amines) is 1. The Morgan fingerprint density at radius 1 is 1.37 bits per heavy atom. The first-order valence-electron chi connectivity index (χ1n) is 9.69. The lowest BCUT2D eigenvalue weighted by atomic mass is 9.88. The molecule has 5 nitrogen and oxygen atoms in total. The number of rotatable bonds is 2. The van der Waals surface area contributed by atoms with Crippen molar-refractivity contribution in [2.45, 2.75) is 78.0 Å². The van der Waals surface area contributed by atoms with E-state index in [1.54, 1.807) is 6.07 Å². The topological polar surface area (TPSA) is 73.6 Å². The van der Waals surface area contributed by atoms with Crippen molar-refractivity contribution >= 4 is 5.91 Å². The Balaban J connectivity index is 0.000000321. The molecular formula is C22H32N2O3. The number of amides is 1. The number of nitrogens with zero attached hydrogens (tertiary/aromatic N) is 2. The maximum Gasteiger partial charge on any atom is 0.223 e. The normalized spacial score (nSPS) is 21.1. The summed E-state index contributed by atoms with van der Waals surface area (Å²) in [4.78, 5) is 14.0. The van der Waals surface area contributed by atoms with Gasteiger partial charge in [-0.15, -0.1) is 0 Å². The second kappa shape index (κ2) is 7.90. The van der Waals surface area contributed by atoms with Gasteiger partial charge in [0.15, 0.2) is 0 Å². The molecule has 2 aliphatic rings. The summed E-state index contributed by atoms with van der Waals surface area (Å²) in [6, 6.07) is 7.66. The maximum absolute atomic E-state index is 12.1. The third-order valence-electron chi connectivity index (χ3n) is 5.47. The fourth-order valence-corrected chi connectivity index (χ4v) is 3.16. The zero-order valence-corrected chi connectivity index (χ0v) is 17.4. The van der Waals surface area contributed by atoms with E-state index < -0.39 is 5.60 Å². The van der Waals surface area contributed by atoms with E-state index in [1.807, 2.05) is 58.6 Å². The van der Waals surface area contributed by atoms with E-state index in [0.29, 0.717) is 17.9 Å². The van der Waals surface area contributed by atoms with Crippen molar-refractivity contribution in [3.05, 3.63) is 29.3 Å². The molecule has 1 aromatic carbocycles. The molecule has 3 rings (SSSR count). The van der Waals surface area contributed by atoms with E-state index in [1.165, 1.54) is 0 Å². The van der Waals surface area contributed by atoms with E-state index in [0.717, 1.165) is 30.7 Å². The molecule has 0 aliphatic carbocycles. The molecule has 1 unspecified atom stereocenters. The van der Waals surface area contributed by atoms with Crippen molar-refractivity contribution in [2.75, 3.05) is 6.54 Å². The number of benzene rings is 1. The third kappa shape index (κ3) is 5.23. The van der Waals surface area contributed by atoms with Gasteiger partial charge >= 0.3 is 0 Å². The van der Waals surface area contributed by atoms with Gasteiger partial charge in [-0.3, -0.25) is 4.79 Å². The minimum Gasteiger partial charge on any atom is -0.487 e. The van der Waals surface area contributed by atoms with Crippen LogP contribution >= 0.6 is 0 Å². The molecule has 1 N–H and O–H groups in total. The predicted octanol–water partition coefficient (Wildman–Crippen LogP) is 4.20. The van der Waals surface area contributed by atoms with E-state index in [-0.39, 0.29) is 17.6 Å². The standard InChI is InChI=1S/C16H18N2O2.C6H14O/c1-16(2)9-13(18-7-3-4-15(18)19)12-8-11(10-17)5-6-14(12)20-16;1-5(2)6(3,4)7/h5-6,8,13H,3-4,7,9H2,1-2H3;5,7H,1-4H3. The molecule has 5 heteroatoms. The van der Waals surface area contributed by atoms with Crippen molar-refractivity contribution in [1.29, 1.82) is 5.26 Å². The summed E-state index contributed by atoms with van der Waals surface area (Å²) in [6.45, 7) is 12.5. The highest BCUT2D eigenvalue weighted by atomic mass is 16.5. The number of carbonyl (C=O) groups excluding carboxylic acids is 1. The summed E-state index contributed by atoms with van der Waals surface area (Å²) in [6.07, 6.45) is 2.32. The third-order valence-corrected chi connectivity index (χ3v) is 5.47. The van der Waals surface area contributed by atoms with Crippen LogP contribution in [0.4, 0.5) is 0 Å². The zero-order valence-electron chi connectivity index (χ0n) is 17.4. The predicted molar refractivity (Wildman–Crippen MR) is 105 cm³/mol. The number of carbonyl (C=O) groups is 1. The van der Waals surface area contributed by atoms with E-state index >= 15 is 0 Å². The molecule has 148 valence electrons. The van der Waals surface area contributed by atoms with Crippen LogP contribution < -0.4 is 4.74 Å². The SMILES string of the molecule is CC(C)C(C)(C)O.CC1(C)CC(N2CCCC2=O)c2cc(C#N)ccc2O1. The van der Waals surface area contributed by atoms with Crippen LogP contribution in [0.5, 0.6) is 5.75 Å². The van der Waals surface area contributed by atoms with Gasteiger partial charge < -0.3 is 14.7 Å². The van der Waals surface area contributed by atoms with Crippen molar-refractivity contribution in [2.24, 2.45) is 5.92 Å². The van der Waals surface area contributed by atoms with Gasteiger partial charge in [0.25, 0.3) is 0 Å². The molecule has 1 aromatic rings. The van der Waals surface area contributed by atoms with Crippen LogP contribution in [0.15, 0.2) is 18.2 Å². The number of hydrogen-bond acceptors (Lipinski definition) is 4. The molecule has 2 aliphatic heterocycles. The molecular weight excluding hydrogens is 340 g/mol. The molecule has 2 heterocycles. The highest BCUT2D eigenvalue weighted by Gasteiger charge is 2.39. The van der Waals surface area contributed by atoms with Gasteiger partial charge in [0.1, 0.15) is 11.4 Å². The highest BCUT2D eigenvalue weighted by molar-refractivity contribution is 5.78. The van der Waals surface area contributed by atoms with Crippen LogP contribution in [0, 0.1) is 17.2 Å². The van der Waals surface area contributed by atoms with E-state index in [4.69, 9.17) is 15.1 Å². The first-order chi connectivity index (χ1) is 12.4. The molecule has 0 aromatic heterocycles. The summed E-state index contributed by atoms with van der Waals surface area (Å²) in [5.41, 5.74) is 0.789. The first-order valence-corrected chi connectivity index (χ1v) is 9.69. The fraction of sp³-hybridized carbons (Fsp3) is 0.636. The largest absolute Gasteiger partial charge is 0.487 e. The minimum absolute atomic E-state index is 0.0250. The molecule has 0 bridgehead atoms. The van der Waals surface area contributed by atoms with Gasteiger partial charge in [0.05, 0.1) is 23.3 Å². The minimum atomic E-state index is -0.500. The number of ether oxygens (including phenoxy) is 1. The first kappa shape index (κ1) is 21.2. The van der Waals surface area contributed by atoms with Crippen LogP contribution in [-0.4, -0.2) is 33.7 Å². The summed E-state index contributed by atoms with van der Waals surface area (Å²) < 4.78 is 6.00. The summed E-state index contributed by atoms with van der Waals surface area (Å²) in [7, 11) is 0. The molecule has 27 heavy (non-hydrogen) atoms. The fourth-order valence-electron chi connectivity index (χ4n) is 3.16. The van der Waals surface area contributed by atoms with Crippen molar-refractivity contribution in [1.82, 2.24) is 4.90 Å². The van der Waals surface area contributed by atoms with E-state index in [9.17, 15) is 4.79 Å². The number of nitriles is 1. The van der Waals surface area contributed by atoms with Gasteiger partial charge in [-0.05, 0) is 58.2 Å². The number of fused-ring (bicyclic) bond motifs is 1. The Bertz CT molecular complexity index is 726. The Morgan fingerprint density at radius 2 is 2.00 bits per heavy atom. The van der Waals surface area contributed by atoms with E-state index in [2.05, 4.69) is 6.07 Å². The molecule has 1 saturated heterocycles. The number of hydrogen-bond donors (Lipinski definition) is 1. The van der Waals surface area contributed by atoms with Gasteiger partial charge in [-0.1, -0.05) is 13.8 Å². The molecule has 0 spiro atoms. The van der Waals surface area contributed by atoms with Gasteiger partial charge in [0.2, 0.25) is 5.91 Å². The lowest BCUT2D eigenvalue weighted by Gasteiger charge is -2.41. The van der Waals surface area contributed by atoms with Crippen LogP contribution in [0.3, 0.4) is 0 Å². The van der Waals surface area contributed by atoms with Crippen molar-refractivity contribution in [3.63, 3.8) is 0 Å².